The standard InChI is InChI=1S/C23H19N5O3/c1-27(14-16-7-3-2-4-8-16)22(30)19-15-28(23(31)18-10-6-5-9-17(18)19)26-21(29)20-13-24-11-12-25-20/h2-13,15H,14H2,1H3,(H,26,29). The summed E-state index contributed by atoms with van der Waals surface area (Å²) in [5.41, 5.74) is 3.38. The van der Waals surface area contributed by atoms with Crippen LogP contribution in [0.3, 0.4) is 0 Å². The normalized spacial score (nSPS) is 10.6. The summed E-state index contributed by atoms with van der Waals surface area (Å²) in [6.45, 7) is 0.402. The van der Waals surface area contributed by atoms with E-state index in [-0.39, 0.29) is 11.6 Å². The van der Waals surface area contributed by atoms with Crippen LogP contribution >= 0.6 is 0 Å². The summed E-state index contributed by atoms with van der Waals surface area (Å²) in [4.78, 5) is 48.0. The molecule has 0 unspecified atom stereocenters. The molecule has 4 rings (SSSR count). The predicted octanol–water partition coefficient (Wildman–Crippen LogP) is 2.45. The average Bonchev–Trinajstić information content (AvgIpc) is 2.81. The van der Waals surface area contributed by atoms with Crippen molar-refractivity contribution in [1.82, 2.24) is 19.5 Å². The first-order valence-electron chi connectivity index (χ1n) is 9.56. The molecule has 154 valence electrons. The average molecular weight is 413 g/mol. The maximum atomic E-state index is 13.3. The third-order valence-corrected chi connectivity index (χ3v) is 4.78. The van der Waals surface area contributed by atoms with Gasteiger partial charge in [-0.15, -0.1) is 0 Å². The summed E-state index contributed by atoms with van der Waals surface area (Å²) in [5.74, 6) is -0.885. The summed E-state index contributed by atoms with van der Waals surface area (Å²) in [6.07, 6.45) is 5.47. The van der Waals surface area contributed by atoms with E-state index in [4.69, 9.17) is 0 Å². The summed E-state index contributed by atoms with van der Waals surface area (Å²) in [7, 11) is 1.69. The van der Waals surface area contributed by atoms with E-state index < -0.39 is 11.5 Å². The molecule has 2 heterocycles. The van der Waals surface area contributed by atoms with E-state index in [9.17, 15) is 14.4 Å². The van der Waals surface area contributed by atoms with Gasteiger partial charge in [0.1, 0.15) is 5.69 Å². The van der Waals surface area contributed by atoms with Gasteiger partial charge < -0.3 is 4.90 Å². The highest BCUT2D eigenvalue weighted by atomic mass is 16.2. The zero-order valence-electron chi connectivity index (χ0n) is 16.7. The molecule has 0 atom stereocenters. The number of nitrogens with zero attached hydrogens (tertiary/aromatic N) is 4. The second-order valence-corrected chi connectivity index (χ2v) is 6.94. The topological polar surface area (TPSA) is 97.2 Å². The van der Waals surface area contributed by atoms with Gasteiger partial charge in [-0.05, 0) is 11.6 Å². The van der Waals surface area contributed by atoms with E-state index in [1.54, 1.807) is 36.2 Å². The Bertz CT molecular complexity index is 1300. The molecule has 0 fully saturated rings. The molecule has 0 saturated heterocycles. The van der Waals surface area contributed by atoms with E-state index in [0.717, 1.165) is 10.2 Å². The molecular weight excluding hydrogens is 394 g/mol. The Morgan fingerprint density at radius 1 is 1.00 bits per heavy atom. The Kier molecular flexibility index (Phi) is 5.53. The molecule has 0 radical (unpaired) electrons. The molecular formula is C23H19N5O3. The highest BCUT2D eigenvalue weighted by molar-refractivity contribution is 6.06. The molecule has 0 aliphatic heterocycles. The molecule has 4 aromatic rings. The Labute approximate surface area is 177 Å². The van der Waals surface area contributed by atoms with Crippen molar-refractivity contribution >= 4 is 22.6 Å². The lowest BCUT2D eigenvalue weighted by atomic mass is 10.1. The minimum atomic E-state index is -0.610. The molecule has 8 heteroatoms. The number of fused-ring (bicyclic) bond motifs is 1. The largest absolute Gasteiger partial charge is 0.337 e. The van der Waals surface area contributed by atoms with Crippen LogP contribution < -0.4 is 11.0 Å². The fraction of sp³-hybridized carbons (Fsp3) is 0.0870. The molecule has 2 aromatic carbocycles. The van der Waals surface area contributed by atoms with Crippen LogP contribution in [0.2, 0.25) is 0 Å². The summed E-state index contributed by atoms with van der Waals surface area (Å²) in [6, 6.07) is 16.4. The first-order valence-corrected chi connectivity index (χ1v) is 9.56. The van der Waals surface area contributed by atoms with Crippen molar-refractivity contribution in [2.24, 2.45) is 0 Å². The second kappa shape index (κ2) is 8.58. The Morgan fingerprint density at radius 2 is 1.71 bits per heavy atom. The van der Waals surface area contributed by atoms with Crippen LogP contribution in [-0.4, -0.2) is 38.4 Å². The molecule has 8 nitrogen and oxygen atoms in total. The van der Waals surface area contributed by atoms with Crippen molar-refractivity contribution in [3.8, 4) is 0 Å². The number of carbonyl (C=O) groups excluding carboxylic acids is 2. The molecule has 2 aromatic heterocycles. The maximum Gasteiger partial charge on any atom is 0.290 e. The second-order valence-electron chi connectivity index (χ2n) is 6.94. The number of benzene rings is 2. The van der Waals surface area contributed by atoms with Gasteiger partial charge in [0.2, 0.25) is 0 Å². The quantitative estimate of drug-likeness (QED) is 0.542. The molecule has 1 N–H and O–H groups in total. The minimum absolute atomic E-state index is 0.0524. The van der Waals surface area contributed by atoms with Crippen LogP contribution in [0.1, 0.15) is 26.4 Å². The van der Waals surface area contributed by atoms with Crippen molar-refractivity contribution in [3.63, 3.8) is 0 Å². The molecule has 0 bridgehead atoms. The van der Waals surface area contributed by atoms with Gasteiger partial charge in [0.05, 0.1) is 11.8 Å². The van der Waals surface area contributed by atoms with Gasteiger partial charge in [-0.2, -0.15) is 0 Å². The number of hydrogen-bond acceptors (Lipinski definition) is 5. The van der Waals surface area contributed by atoms with Crippen molar-refractivity contribution in [2.45, 2.75) is 6.54 Å². The fourth-order valence-corrected chi connectivity index (χ4v) is 3.26. The predicted molar refractivity (Wildman–Crippen MR) is 116 cm³/mol. The Hall–Kier alpha value is -4.33. The smallest absolute Gasteiger partial charge is 0.290 e. The van der Waals surface area contributed by atoms with Crippen molar-refractivity contribution in [3.05, 3.63) is 107 Å². The van der Waals surface area contributed by atoms with Gasteiger partial charge in [-0.25, -0.2) is 9.66 Å². The van der Waals surface area contributed by atoms with Crippen molar-refractivity contribution < 1.29 is 9.59 Å². The van der Waals surface area contributed by atoms with Crippen molar-refractivity contribution in [2.75, 3.05) is 12.5 Å². The van der Waals surface area contributed by atoms with E-state index in [1.165, 1.54) is 24.8 Å². The molecule has 0 aliphatic carbocycles. The van der Waals surface area contributed by atoms with Gasteiger partial charge >= 0.3 is 0 Å². The summed E-state index contributed by atoms with van der Waals surface area (Å²) >= 11 is 0. The van der Waals surface area contributed by atoms with Crippen LogP contribution in [0, 0.1) is 0 Å². The molecule has 0 spiro atoms. The molecule has 0 saturated carbocycles. The first kappa shape index (κ1) is 20.0. The zero-order valence-corrected chi connectivity index (χ0v) is 16.7. The monoisotopic (exact) mass is 413 g/mol. The van der Waals surface area contributed by atoms with E-state index >= 15 is 0 Å². The van der Waals surface area contributed by atoms with E-state index in [0.29, 0.717) is 22.9 Å². The van der Waals surface area contributed by atoms with Gasteiger partial charge in [-0.1, -0.05) is 48.5 Å². The van der Waals surface area contributed by atoms with Gasteiger partial charge in [0, 0.05) is 43.0 Å². The van der Waals surface area contributed by atoms with Crippen LogP contribution in [0.4, 0.5) is 0 Å². The maximum absolute atomic E-state index is 13.3. The third kappa shape index (κ3) is 4.18. The Balaban J connectivity index is 1.72. The zero-order chi connectivity index (χ0) is 21.8. The number of pyridine rings is 1. The molecule has 31 heavy (non-hydrogen) atoms. The minimum Gasteiger partial charge on any atom is -0.337 e. The van der Waals surface area contributed by atoms with Gasteiger partial charge in [-0.3, -0.25) is 24.8 Å². The van der Waals surface area contributed by atoms with Crippen LogP contribution in [0.15, 0.2) is 84.2 Å². The summed E-state index contributed by atoms with van der Waals surface area (Å²) in [5, 5.41) is 0.836. The van der Waals surface area contributed by atoms with Crippen molar-refractivity contribution in [1.29, 1.82) is 0 Å². The fourth-order valence-electron chi connectivity index (χ4n) is 3.26. The highest BCUT2D eigenvalue weighted by Gasteiger charge is 2.19. The summed E-state index contributed by atoms with van der Waals surface area (Å²) < 4.78 is 1.02. The third-order valence-electron chi connectivity index (χ3n) is 4.78. The van der Waals surface area contributed by atoms with Crippen LogP contribution in [-0.2, 0) is 6.54 Å². The van der Waals surface area contributed by atoms with Crippen LogP contribution in [0.25, 0.3) is 10.8 Å². The lowest BCUT2D eigenvalue weighted by Crippen LogP contribution is -2.35. The van der Waals surface area contributed by atoms with Gasteiger partial charge in [0.25, 0.3) is 17.4 Å². The number of carbonyl (C=O) groups is 2. The van der Waals surface area contributed by atoms with E-state index in [1.807, 2.05) is 30.3 Å². The van der Waals surface area contributed by atoms with Gasteiger partial charge in [0.15, 0.2) is 0 Å². The lowest BCUT2D eigenvalue weighted by molar-refractivity contribution is 0.0785. The number of amides is 2. The number of nitrogens with one attached hydrogen (secondary N) is 1. The number of hydrogen-bond donors (Lipinski definition) is 1. The molecule has 0 aliphatic rings. The number of rotatable bonds is 5. The first-order chi connectivity index (χ1) is 15.0. The molecule has 2 amide bonds. The highest BCUT2D eigenvalue weighted by Crippen LogP contribution is 2.18. The lowest BCUT2D eigenvalue weighted by Gasteiger charge is -2.19. The number of aromatic nitrogens is 3. The SMILES string of the molecule is CN(Cc1ccccc1)C(=O)c1cn(NC(=O)c2cnccn2)c(=O)c2ccccc12. The van der Waals surface area contributed by atoms with Crippen LogP contribution in [0.5, 0.6) is 0 Å². The Morgan fingerprint density at radius 3 is 2.42 bits per heavy atom. The van der Waals surface area contributed by atoms with E-state index in [2.05, 4.69) is 15.4 Å².